The molecular formula is C14H14BrNO2S. The van der Waals surface area contributed by atoms with Crippen LogP contribution in [0.25, 0.3) is 0 Å². The van der Waals surface area contributed by atoms with Gasteiger partial charge < -0.3 is 4.79 Å². The zero-order valence-corrected chi connectivity index (χ0v) is 12.7. The Kier molecular flexibility index (Phi) is 5.34. The number of aldehydes is 1. The van der Waals surface area contributed by atoms with E-state index >= 15 is 0 Å². The molecule has 3 nitrogen and oxygen atoms in total. The van der Waals surface area contributed by atoms with E-state index in [-0.39, 0.29) is 18.1 Å². The monoisotopic (exact) mass is 339 g/mol. The zero-order valence-electron chi connectivity index (χ0n) is 10.3. The number of thioether (sulfide) groups is 1. The van der Waals surface area contributed by atoms with E-state index in [1.807, 2.05) is 24.3 Å². The average molecular weight is 340 g/mol. The van der Waals surface area contributed by atoms with Gasteiger partial charge in [0.25, 0.3) is 0 Å². The Hall–Kier alpha value is -0.940. The number of benzene rings is 1. The van der Waals surface area contributed by atoms with Crippen LogP contribution in [0, 0.1) is 5.92 Å². The van der Waals surface area contributed by atoms with Crippen LogP contribution in [0.5, 0.6) is 0 Å². The smallest absolute Gasteiger partial charge is 0.149 e. The maximum Gasteiger partial charge on any atom is 0.149 e. The lowest BCUT2D eigenvalue weighted by atomic mass is 9.94. The Bertz CT molecular complexity index is 499. The molecule has 0 fully saturated rings. The number of carbonyl (C=O) groups excluding carboxylic acids is 2. The van der Waals surface area contributed by atoms with Gasteiger partial charge in [0.15, 0.2) is 0 Å². The van der Waals surface area contributed by atoms with Crippen LogP contribution in [0.2, 0.25) is 0 Å². The van der Waals surface area contributed by atoms with Crippen LogP contribution in [-0.4, -0.2) is 29.4 Å². The molecule has 0 saturated heterocycles. The Balaban J connectivity index is 2.15. The van der Waals surface area contributed by atoms with Crippen LogP contribution in [0.1, 0.15) is 12.0 Å². The summed E-state index contributed by atoms with van der Waals surface area (Å²) in [6.45, 7) is 0.769. The number of carbonyl (C=O) groups is 2. The van der Waals surface area contributed by atoms with Gasteiger partial charge in [-0.3, -0.25) is 9.79 Å². The van der Waals surface area contributed by atoms with Crippen molar-refractivity contribution in [2.45, 2.75) is 12.8 Å². The van der Waals surface area contributed by atoms with Gasteiger partial charge in [-0.15, -0.1) is 11.8 Å². The molecule has 5 heteroatoms. The fraction of sp³-hybridized carbons (Fsp3) is 0.357. The van der Waals surface area contributed by atoms with Crippen molar-refractivity contribution >= 4 is 44.8 Å². The molecule has 0 amide bonds. The highest BCUT2D eigenvalue weighted by atomic mass is 79.9. The van der Waals surface area contributed by atoms with Gasteiger partial charge in [0.2, 0.25) is 0 Å². The average Bonchev–Trinajstić information content (AvgIpc) is 2.92. The number of nitrogens with zero attached hydrogens (tertiary/aromatic N) is 1. The van der Waals surface area contributed by atoms with E-state index in [1.54, 1.807) is 11.8 Å². The first-order valence-corrected chi connectivity index (χ1v) is 7.86. The highest BCUT2D eigenvalue weighted by Gasteiger charge is 2.26. The first-order valence-electron chi connectivity index (χ1n) is 6.08. The van der Waals surface area contributed by atoms with Crippen molar-refractivity contribution < 1.29 is 9.59 Å². The van der Waals surface area contributed by atoms with E-state index in [2.05, 4.69) is 20.9 Å². The molecule has 0 bridgehead atoms. The Morgan fingerprint density at radius 1 is 1.42 bits per heavy atom. The molecule has 1 aliphatic rings. The molecule has 1 aromatic carbocycles. The minimum Gasteiger partial charge on any atom is -0.303 e. The summed E-state index contributed by atoms with van der Waals surface area (Å²) in [4.78, 5) is 27.0. The Labute approximate surface area is 125 Å². The first-order chi connectivity index (χ1) is 9.20. The lowest BCUT2D eigenvalue weighted by molar-refractivity contribution is -0.123. The SMILES string of the molecule is O=CCC(=O)C(Cc1ccc(Br)cc1)C1=NCCS1. The molecule has 1 atom stereocenters. The molecule has 1 aliphatic heterocycles. The number of halogens is 1. The fourth-order valence-corrected chi connectivity index (χ4v) is 3.24. The second-order valence-corrected chi connectivity index (χ2v) is 6.32. The summed E-state index contributed by atoms with van der Waals surface area (Å²) in [5.41, 5.74) is 1.09. The fourth-order valence-electron chi connectivity index (χ4n) is 1.98. The predicted molar refractivity (Wildman–Crippen MR) is 81.8 cm³/mol. The van der Waals surface area contributed by atoms with Crippen molar-refractivity contribution in [3.05, 3.63) is 34.3 Å². The van der Waals surface area contributed by atoms with E-state index in [1.165, 1.54) is 0 Å². The lowest BCUT2D eigenvalue weighted by Crippen LogP contribution is -2.24. The molecule has 0 N–H and O–H groups in total. The van der Waals surface area contributed by atoms with Crippen LogP contribution in [-0.2, 0) is 16.0 Å². The van der Waals surface area contributed by atoms with E-state index in [4.69, 9.17) is 0 Å². The topological polar surface area (TPSA) is 46.5 Å². The zero-order chi connectivity index (χ0) is 13.7. The number of hydrogen-bond donors (Lipinski definition) is 0. The molecule has 0 spiro atoms. The standard InChI is InChI=1S/C14H14BrNO2S/c15-11-3-1-10(2-4-11)9-12(13(18)5-7-17)14-16-6-8-19-14/h1-4,7,12H,5-6,8-9H2. The quantitative estimate of drug-likeness (QED) is 0.591. The second-order valence-electron chi connectivity index (χ2n) is 4.29. The summed E-state index contributed by atoms with van der Waals surface area (Å²) in [6.07, 6.45) is 1.27. The van der Waals surface area contributed by atoms with Crippen LogP contribution in [0.4, 0.5) is 0 Å². The van der Waals surface area contributed by atoms with Crippen molar-refractivity contribution in [2.24, 2.45) is 10.9 Å². The van der Waals surface area contributed by atoms with Crippen molar-refractivity contribution in [1.29, 1.82) is 0 Å². The predicted octanol–water partition coefficient (Wildman–Crippen LogP) is 2.91. The molecule has 0 aromatic heterocycles. The van der Waals surface area contributed by atoms with Crippen molar-refractivity contribution in [3.63, 3.8) is 0 Å². The van der Waals surface area contributed by atoms with Crippen LogP contribution >= 0.6 is 27.7 Å². The minimum atomic E-state index is -0.265. The third-order valence-corrected chi connectivity index (χ3v) is 4.56. The number of aliphatic imine (C=N–C) groups is 1. The maximum absolute atomic E-state index is 12.1. The molecule has 0 saturated carbocycles. The minimum absolute atomic E-state index is 0.0270. The normalized spacial score (nSPS) is 15.9. The van der Waals surface area contributed by atoms with Gasteiger partial charge in [0.05, 0.1) is 17.4 Å². The number of hydrogen-bond acceptors (Lipinski definition) is 4. The van der Waals surface area contributed by atoms with Crippen LogP contribution in [0.3, 0.4) is 0 Å². The largest absolute Gasteiger partial charge is 0.303 e. The van der Waals surface area contributed by atoms with E-state index in [0.29, 0.717) is 12.7 Å². The van der Waals surface area contributed by atoms with Crippen molar-refractivity contribution in [2.75, 3.05) is 12.3 Å². The molecule has 1 unspecified atom stereocenters. The van der Waals surface area contributed by atoms with E-state index in [0.717, 1.165) is 27.4 Å². The summed E-state index contributed by atoms with van der Waals surface area (Å²) in [5, 5.41) is 0.884. The van der Waals surface area contributed by atoms with Crippen molar-refractivity contribution in [3.8, 4) is 0 Å². The van der Waals surface area contributed by atoms with Crippen LogP contribution < -0.4 is 0 Å². The molecule has 100 valence electrons. The Morgan fingerprint density at radius 2 is 2.16 bits per heavy atom. The number of ketones is 1. The van der Waals surface area contributed by atoms with Gasteiger partial charge in [-0.25, -0.2) is 0 Å². The highest BCUT2D eigenvalue weighted by Crippen LogP contribution is 2.24. The summed E-state index contributed by atoms with van der Waals surface area (Å²) in [7, 11) is 0. The summed E-state index contributed by atoms with van der Waals surface area (Å²) >= 11 is 5.02. The van der Waals surface area contributed by atoms with Gasteiger partial charge in [-0.1, -0.05) is 28.1 Å². The molecule has 1 aromatic rings. The summed E-state index contributed by atoms with van der Waals surface area (Å²) in [6, 6.07) is 7.90. The van der Waals surface area contributed by atoms with Gasteiger partial charge in [0, 0.05) is 16.8 Å². The molecule has 0 radical (unpaired) electrons. The first kappa shape index (κ1) is 14.5. The molecule has 1 heterocycles. The maximum atomic E-state index is 12.1. The van der Waals surface area contributed by atoms with Gasteiger partial charge in [-0.05, 0) is 24.1 Å². The third kappa shape index (κ3) is 4.01. The van der Waals surface area contributed by atoms with Gasteiger partial charge in [0.1, 0.15) is 12.1 Å². The molecular weight excluding hydrogens is 326 g/mol. The molecule has 19 heavy (non-hydrogen) atoms. The van der Waals surface area contributed by atoms with Gasteiger partial charge >= 0.3 is 0 Å². The highest BCUT2D eigenvalue weighted by molar-refractivity contribution is 9.10. The van der Waals surface area contributed by atoms with Crippen LogP contribution in [0.15, 0.2) is 33.7 Å². The summed E-state index contributed by atoms with van der Waals surface area (Å²) in [5.74, 6) is 0.630. The van der Waals surface area contributed by atoms with Gasteiger partial charge in [-0.2, -0.15) is 0 Å². The van der Waals surface area contributed by atoms with E-state index < -0.39 is 0 Å². The van der Waals surface area contributed by atoms with Crippen molar-refractivity contribution in [1.82, 2.24) is 0 Å². The Morgan fingerprint density at radius 3 is 2.74 bits per heavy atom. The third-order valence-electron chi connectivity index (χ3n) is 2.93. The van der Waals surface area contributed by atoms with E-state index in [9.17, 15) is 9.59 Å². The second kappa shape index (κ2) is 7.01. The number of Topliss-reactive ketones (excluding diaryl/α,β-unsaturated/α-hetero) is 1. The lowest BCUT2D eigenvalue weighted by Gasteiger charge is -2.14. The number of rotatable bonds is 6. The summed E-state index contributed by atoms with van der Waals surface area (Å²) < 4.78 is 1.01. The molecule has 0 aliphatic carbocycles. The molecule has 2 rings (SSSR count).